The number of hydrogen-bond donors (Lipinski definition) is 0. The molecule has 0 heterocycles. The van der Waals surface area contributed by atoms with E-state index in [-0.39, 0.29) is 17.4 Å². The third kappa shape index (κ3) is 3.97. The van der Waals surface area contributed by atoms with Gasteiger partial charge < -0.3 is 0 Å². The lowest BCUT2D eigenvalue weighted by Crippen LogP contribution is -2.08. The average molecular weight is 144 g/mol. The molecule has 0 aliphatic heterocycles. The van der Waals surface area contributed by atoms with Gasteiger partial charge in [-0.25, -0.2) is 9.74 Å². The molecular formula is C2H4AlF3O2. The van der Waals surface area contributed by atoms with Gasteiger partial charge in [0.15, 0.2) is 17.4 Å². The standard InChI is InChI=1S/C2HF3O2.Al.3H/c3-1(4)2(6)7-5;;;;/h1H;;;;. The summed E-state index contributed by atoms with van der Waals surface area (Å²) in [6.45, 7) is 0. The van der Waals surface area contributed by atoms with Crippen LogP contribution in [0.4, 0.5) is 13.3 Å². The van der Waals surface area contributed by atoms with Crippen LogP contribution in [0.1, 0.15) is 0 Å². The van der Waals surface area contributed by atoms with E-state index in [0.717, 1.165) is 0 Å². The molecular weight excluding hydrogens is 140 g/mol. The highest BCUT2D eigenvalue weighted by atomic mass is 27.0. The van der Waals surface area contributed by atoms with Crippen molar-refractivity contribution < 1.29 is 23.0 Å². The van der Waals surface area contributed by atoms with Crippen LogP contribution >= 0.6 is 0 Å². The van der Waals surface area contributed by atoms with Crippen molar-refractivity contribution in [3.8, 4) is 0 Å². The Bertz CT molecular complexity index is 75.7. The molecule has 0 fully saturated rings. The van der Waals surface area contributed by atoms with Gasteiger partial charge in [0, 0.05) is 4.53 Å². The Hall–Kier alpha value is -0.208. The molecule has 2 nitrogen and oxygen atoms in total. The lowest BCUT2D eigenvalue weighted by atomic mass is 10.7. The van der Waals surface area contributed by atoms with Gasteiger partial charge in [-0.3, -0.25) is 0 Å². The van der Waals surface area contributed by atoms with E-state index in [9.17, 15) is 13.3 Å². The van der Waals surface area contributed by atoms with Crippen LogP contribution in [0.5, 0.6) is 0 Å². The van der Waals surface area contributed by atoms with Crippen LogP contribution in [0, 0.1) is 0 Å². The lowest BCUT2D eigenvalue weighted by molar-refractivity contribution is -0.196. The Morgan fingerprint density at radius 3 is 1.88 bits per heavy atom. The van der Waals surface area contributed by atoms with Crippen molar-refractivity contribution in [2.75, 3.05) is 0 Å². The highest BCUT2D eigenvalue weighted by molar-refractivity contribution is 5.75. The second-order valence-electron chi connectivity index (χ2n) is 0.697. The van der Waals surface area contributed by atoms with Crippen LogP contribution in [-0.2, 0) is 9.74 Å². The van der Waals surface area contributed by atoms with E-state index in [1.165, 1.54) is 0 Å². The number of carbonyl (C=O) groups excluding carboxylic acids is 1. The summed E-state index contributed by atoms with van der Waals surface area (Å²) in [5.74, 6) is -2.15. The number of halogens is 3. The first-order chi connectivity index (χ1) is 3.18. The summed E-state index contributed by atoms with van der Waals surface area (Å²) in [6, 6.07) is 0. The molecule has 0 bridgehead atoms. The Kier molecular flexibility index (Phi) is 6.62. The molecule has 0 saturated heterocycles. The zero-order valence-corrected chi connectivity index (χ0v) is 3.03. The Morgan fingerprint density at radius 2 is 1.88 bits per heavy atom. The topological polar surface area (TPSA) is 26.3 Å². The van der Waals surface area contributed by atoms with Crippen LogP contribution in [0.3, 0.4) is 0 Å². The molecule has 0 aliphatic carbocycles. The molecule has 0 amide bonds. The van der Waals surface area contributed by atoms with Gasteiger partial charge in [0.2, 0.25) is 0 Å². The first-order valence-electron chi connectivity index (χ1n) is 1.29. The molecule has 0 unspecified atom stereocenters. The number of rotatable bonds is 1. The molecule has 0 aromatic rings. The molecule has 0 spiro atoms. The lowest BCUT2D eigenvalue weighted by Gasteiger charge is -1.85. The quantitative estimate of drug-likeness (QED) is 0.463. The Morgan fingerprint density at radius 1 is 1.50 bits per heavy atom. The molecule has 0 aromatic heterocycles. The first kappa shape index (κ1) is 10.7. The van der Waals surface area contributed by atoms with Crippen LogP contribution in [-0.4, -0.2) is 29.8 Å². The largest absolute Gasteiger partial charge is 0.414 e. The second-order valence-corrected chi connectivity index (χ2v) is 0.697. The van der Waals surface area contributed by atoms with E-state index in [1.807, 2.05) is 0 Å². The maximum absolute atomic E-state index is 10.7. The summed E-state index contributed by atoms with van der Waals surface area (Å²) in [6.07, 6.45) is -3.37. The van der Waals surface area contributed by atoms with Crippen molar-refractivity contribution in [1.29, 1.82) is 0 Å². The van der Waals surface area contributed by atoms with Crippen molar-refractivity contribution in [3.05, 3.63) is 0 Å². The molecule has 0 saturated carbocycles. The minimum Gasteiger partial charge on any atom is -0.248 e. The molecule has 48 valence electrons. The molecule has 0 radical (unpaired) electrons. The van der Waals surface area contributed by atoms with Gasteiger partial charge in [-0.2, -0.15) is 8.78 Å². The van der Waals surface area contributed by atoms with Crippen molar-refractivity contribution in [2.45, 2.75) is 6.43 Å². The van der Waals surface area contributed by atoms with E-state index in [0.29, 0.717) is 0 Å². The minimum atomic E-state index is -3.37. The van der Waals surface area contributed by atoms with E-state index in [4.69, 9.17) is 4.79 Å². The summed E-state index contributed by atoms with van der Waals surface area (Å²) >= 11 is 0. The fourth-order valence-corrected chi connectivity index (χ4v) is 0.0337. The van der Waals surface area contributed by atoms with Crippen molar-refractivity contribution in [2.24, 2.45) is 0 Å². The van der Waals surface area contributed by atoms with Gasteiger partial charge in [-0.1, -0.05) is 0 Å². The minimum absolute atomic E-state index is 0. The van der Waals surface area contributed by atoms with E-state index >= 15 is 0 Å². The molecule has 0 aromatic carbocycles. The number of alkyl halides is 2. The third-order valence-electron chi connectivity index (χ3n) is 0.254. The molecule has 8 heavy (non-hydrogen) atoms. The summed E-state index contributed by atoms with van der Waals surface area (Å²) in [5.41, 5.74) is 0. The predicted molar refractivity (Wildman–Crippen MR) is 23.1 cm³/mol. The fourth-order valence-electron chi connectivity index (χ4n) is 0.0337. The second kappa shape index (κ2) is 4.94. The molecule has 0 atom stereocenters. The highest BCUT2D eigenvalue weighted by Crippen LogP contribution is 1.94. The highest BCUT2D eigenvalue weighted by Gasteiger charge is 2.16. The Labute approximate surface area is 53.6 Å². The summed E-state index contributed by atoms with van der Waals surface area (Å²) in [5, 5.41) is 0. The maximum atomic E-state index is 10.7. The normalized spacial score (nSPS) is 8.00. The SMILES string of the molecule is O=C(OF)C(F)F.[AlH3]. The van der Waals surface area contributed by atoms with E-state index in [1.54, 1.807) is 0 Å². The molecule has 6 heteroatoms. The summed E-state index contributed by atoms with van der Waals surface area (Å²) < 4.78 is 31.7. The van der Waals surface area contributed by atoms with Crippen molar-refractivity contribution in [1.82, 2.24) is 0 Å². The van der Waals surface area contributed by atoms with Gasteiger partial charge in [-0.05, 0) is 0 Å². The molecule has 0 aliphatic rings. The van der Waals surface area contributed by atoms with E-state index in [2.05, 4.69) is 4.94 Å². The number of hydrogen-bond acceptors (Lipinski definition) is 2. The first-order valence-corrected chi connectivity index (χ1v) is 1.29. The van der Waals surface area contributed by atoms with Crippen molar-refractivity contribution in [3.63, 3.8) is 0 Å². The molecule has 0 rings (SSSR count). The zero-order chi connectivity index (χ0) is 5.86. The van der Waals surface area contributed by atoms with Crippen LogP contribution in [0.15, 0.2) is 0 Å². The van der Waals surface area contributed by atoms with Crippen molar-refractivity contribution >= 4 is 23.3 Å². The van der Waals surface area contributed by atoms with Gasteiger partial charge >= 0.3 is 12.4 Å². The van der Waals surface area contributed by atoms with Gasteiger partial charge in [0.25, 0.3) is 0 Å². The van der Waals surface area contributed by atoms with Gasteiger partial charge in [0.05, 0.1) is 0 Å². The summed E-state index contributed by atoms with van der Waals surface area (Å²) in [7, 11) is 0. The molecule has 0 N–H and O–H groups in total. The van der Waals surface area contributed by atoms with Crippen LogP contribution in [0.25, 0.3) is 0 Å². The number of carbonyl (C=O) groups is 1. The third-order valence-corrected chi connectivity index (χ3v) is 0.254. The van der Waals surface area contributed by atoms with Gasteiger partial charge in [-0.15, -0.1) is 0 Å². The predicted octanol–water partition coefficient (Wildman–Crippen LogP) is -0.505. The smallest absolute Gasteiger partial charge is 0.248 e. The monoisotopic (exact) mass is 144 g/mol. The Balaban J connectivity index is 0. The van der Waals surface area contributed by atoms with Gasteiger partial charge in [0.1, 0.15) is 0 Å². The van der Waals surface area contributed by atoms with Crippen LogP contribution < -0.4 is 0 Å². The maximum Gasteiger partial charge on any atom is 0.414 e. The zero-order valence-electron chi connectivity index (χ0n) is 3.03. The van der Waals surface area contributed by atoms with Crippen LogP contribution in [0.2, 0.25) is 0 Å². The summed E-state index contributed by atoms with van der Waals surface area (Å²) in [4.78, 5) is 11.3. The average Bonchev–Trinajstić information content (AvgIpc) is 1.65. The fraction of sp³-hybridized carbons (Fsp3) is 0.500. The van der Waals surface area contributed by atoms with E-state index < -0.39 is 12.4 Å².